The van der Waals surface area contributed by atoms with E-state index < -0.39 is 28.3 Å². The third-order valence-corrected chi connectivity index (χ3v) is 5.77. The Hall–Kier alpha value is -3.13. The number of anilines is 2. The van der Waals surface area contributed by atoms with Crippen LogP contribution in [0.1, 0.15) is 42.1 Å². The first-order valence-electron chi connectivity index (χ1n) is 9.66. The average Bonchev–Trinajstić information content (AvgIpc) is 3.00. The molecule has 0 bridgehead atoms. The topological polar surface area (TPSA) is 104 Å². The summed E-state index contributed by atoms with van der Waals surface area (Å²) in [6.45, 7) is 2.11. The lowest BCUT2D eigenvalue weighted by atomic mass is 10.1. The highest BCUT2D eigenvalue weighted by atomic mass is 32.2. The Morgan fingerprint density at radius 2 is 1.80 bits per heavy atom. The number of nitrogens with one attached hydrogen (secondary N) is 1. The third-order valence-electron chi connectivity index (χ3n) is 4.74. The molecule has 2 N–H and O–H groups in total. The maximum atomic E-state index is 12.7. The van der Waals surface area contributed by atoms with Crippen LogP contribution in [0.15, 0.2) is 48.5 Å². The fraction of sp³-hybridized carbons (Fsp3) is 0.273. The lowest BCUT2D eigenvalue weighted by Crippen LogP contribution is -2.33. The van der Waals surface area contributed by atoms with Crippen LogP contribution in [-0.4, -0.2) is 33.4 Å². The van der Waals surface area contributed by atoms with Crippen molar-refractivity contribution in [1.29, 1.82) is 0 Å². The van der Waals surface area contributed by atoms with Gasteiger partial charge in [0, 0.05) is 6.42 Å². The van der Waals surface area contributed by atoms with Gasteiger partial charge in [0.05, 0.1) is 16.9 Å². The molecule has 0 spiro atoms. The Labute approximate surface area is 178 Å². The number of imide groups is 1. The number of unbranched alkanes of at least 4 members (excludes halogenated alkanes) is 1. The summed E-state index contributed by atoms with van der Waals surface area (Å²) >= 11 is 0.804. The first kappa shape index (κ1) is 21.6. The smallest absolute Gasteiger partial charge is 0.337 e. The lowest BCUT2D eigenvalue weighted by Gasteiger charge is -2.14. The van der Waals surface area contributed by atoms with Gasteiger partial charge in [0.2, 0.25) is 11.8 Å². The van der Waals surface area contributed by atoms with E-state index in [0.29, 0.717) is 5.69 Å². The molecule has 30 heavy (non-hydrogen) atoms. The number of benzene rings is 2. The molecule has 3 rings (SSSR count). The molecule has 1 saturated heterocycles. The Bertz CT molecular complexity index is 974. The van der Waals surface area contributed by atoms with Crippen molar-refractivity contribution in [3.8, 4) is 0 Å². The quantitative estimate of drug-likeness (QED) is 0.651. The highest BCUT2D eigenvalue weighted by Gasteiger charge is 2.41. The zero-order chi connectivity index (χ0) is 21.7. The maximum Gasteiger partial charge on any atom is 0.337 e. The second-order valence-electron chi connectivity index (χ2n) is 6.92. The predicted molar refractivity (Wildman–Crippen MR) is 116 cm³/mol. The van der Waals surface area contributed by atoms with Gasteiger partial charge in [-0.15, -0.1) is 0 Å². The average molecular weight is 426 g/mol. The molecule has 2 aromatic rings. The van der Waals surface area contributed by atoms with Crippen LogP contribution >= 0.6 is 11.8 Å². The van der Waals surface area contributed by atoms with Crippen LogP contribution in [0.5, 0.6) is 0 Å². The SMILES string of the molecule is CCCCc1ccc(N2C(=O)SC(CC(=O)Nc3ccccc3C(=O)O)C2=O)cc1. The van der Waals surface area contributed by atoms with Gasteiger partial charge in [-0.1, -0.05) is 37.6 Å². The van der Waals surface area contributed by atoms with Crippen molar-refractivity contribution in [3.05, 3.63) is 59.7 Å². The minimum absolute atomic E-state index is 0.0443. The molecule has 3 amide bonds. The van der Waals surface area contributed by atoms with E-state index in [9.17, 15) is 24.3 Å². The molecule has 0 aromatic heterocycles. The van der Waals surface area contributed by atoms with E-state index >= 15 is 0 Å². The molecule has 0 radical (unpaired) electrons. The third kappa shape index (κ3) is 4.88. The number of aromatic carboxylic acids is 1. The highest BCUT2D eigenvalue weighted by Crippen LogP contribution is 2.34. The summed E-state index contributed by atoms with van der Waals surface area (Å²) < 4.78 is 0. The number of thioether (sulfide) groups is 1. The van der Waals surface area contributed by atoms with Crippen LogP contribution < -0.4 is 10.2 Å². The second kappa shape index (κ2) is 9.58. The molecule has 1 aliphatic heterocycles. The molecule has 1 atom stereocenters. The first-order chi connectivity index (χ1) is 14.4. The number of nitrogens with zero attached hydrogens (tertiary/aromatic N) is 1. The van der Waals surface area contributed by atoms with Gasteiger partial charge < -0.3 is 10.4 Å². The van der Waals surface area contributed by atoms with Crippen LogP contribution in [0.4, 0.5) is 16.2 Å². The number of amides is 3. The largest absolute Gasteiger partial charge is 0.478 e. The van der Waals surface area contributed by atoms with E-state index in [2.05, 4.69) is 12.2 Å². The molecule has 0 aliphatic carbocycles. The van der Waals surface area contributed by atoms with Crippen LogP contribution in [0, 0.1) is 0 Å². The molecule has 1 unspecified atom stereocenters. The lowest BCUT2D eigenvalue weighted by molar-refractivity contribution is -0.121. The van der Waals surface area contributed by atoms with Crippen LogP contribution in [0.3, 0.4) is 0 Å². The molecule has 1 heterocycles. The Morgan fingerprint density at radius 1 is 1.10 bits per heavy atom. The number of carboxylic acids is 1. The molecule has 0 saturated carbocycles. The van der Waals surface area contributed by atoms with Crippen LogP contribution in [0.25, 0.3) is 0 Å². The van der Waals surface area contributed by atoms with E-state index in [-0.39, 0.29) is 17.7 Å². The number of aryl methyl sites for hydroxylation is 1. The number of carboxylic acid groups (broad SMARTS) is 1. The normalized spacial score (nSPS) is 16.0. The van der Waals surface area contributed by atoms with Crippen LogP contribution in [0.2, 0.25) is 0 Å². The van der Waals surface area contributed by atoms with Crippen molar-refractivity contribution < 1.29 is 24.3 Å². The van der Waals surface area contributed by atoms with Crippen molar-refractivity contribution >= 4 is 46.2 Å². The van der Waals surface area contributed by atoms with E-state index in [1.807, 2.05) is 12.1 Å². The first-order valence-corrected chi connectivity index (χ1v) is 10.5. The van der Waals surface area contributed by atoms with Crippen molar-refractivity contribution in [2.45, 2.75) is 37.9 Å². The molecule has 8 heteroatoms. The fourth-order valence-electron chi connectivity index (χ4n) is 3.16. The predicted octanol–water partition coefficient (Wildman–Crippen LogP) is 4.32. The molecule has 2 aromatic carbocycles. The summed E-state index contributed by atoms with van der Waals surface area (Å²) in [5.74, 6) is -2.15. The van der Waals surface area contributed by atoms with Gasteiger partial charge in [0.15, 0.2) is 0 Å². The number of rotatable bonds is 8. The van der Waals surface area contributed by atoms with Gasteiger partial charge >= 0.3 is 5.97 Å². The minimum atomic E-state index is -1.17. The number of para-hydroxylation sites is 1. The molecule has 156 valence electrons. The highest BCUT2D eigenvalue weighted by molar-refractivity contribution is 8.15. The number of hydrogen-bond acceptors (Lipinski definition) is 5. The van der Waals surface area contributed by atoms with Gasteiger partial charge in [-0.25, -0.2) is 9.69 Å². The number of carbonyl (C=O) groups is 4. The monoisotopic (exact) mass is 426 g/mol. The summed E-state index contributed by atoms with van der Waals surface area (Å²) in [5.41, 5.74) is 1.73. The zero-order valence-corrected chi connectivity index (χ0v) is 17.3. The van der Waals surface area contributed by atoms with E-state index in [1.165, 1.54) is 12.1 Å². The zero-order valence-electron chi connectivity index (χ0n) is 16.5. The molecule has 1 aliphatic rings. The molecule has 1 fully saturated rings. The standard InChI is InChI=1S/C22H22N2O5S/c1-2-3-6-14-9-11-15(12-10-14)24-20(26)18(30-22(24)29)13-19(25)23-17-8-5-4-7-16(17)21(27)28/h4-5,7-12,18H,2-3,6,13H2,1H3,(H,23,25)(H,27,28). The van der Waals surface area contributed by atoms with Crippen molar-refractivity contribution in [3.63, 3.8) is 0 Å². The van der Waals surface area contributed by atoms with Crippen molar-refractivity contribution in [2.75, 3.05) is 10.2 Å². The van der Waals surface area contributed by atoms with E-state index in [4.69, 9.17) is 0 Å². The molecular weight excluding hydrogens is 404 g/mol. The summed E-state index contributed by atoms with van der Waals surface area (Å²) in [5, 5.41) is 10.4. The van der Waals surface area contributed by atoms with Crippen molar-refractivity contribution in [1.82, 2.24) is 0 Å². The summed E-state index contributed by atoms with van der Waals surface area (Å²) in [7, 11) is 0. The summed E-state index contributed by atoms with van der Waals surface area (Å²) in [4.78, 5) is 49.9. The van der Waals surface area contributed by atoms with Crippen LogP contribution in [-0.2, 0) is 16.0 Å². The minimum Gasteiger partial charge on any atom is -0.478 e. The van der Waals surface area contributed by atoms with Gasteiger partial charge in [-0.05, 0) is 54.4 Å². The summed E-state index contributed by atoms with van der Waals surface area (Å²) in [6.07, 6.45) is 2.86. The maximum absolute atomic E-state index is 12.7. The van der Waals surface area contributed by atoms with Gasteiger partial charge in [-0.2, -0.15) is 0 Å². The van der Waals surface area contributed by atoms with E-state index in [1.54, 1.807) is 24.3 Å². The van der Waals surface area contributed by atoms with Gasteiger partial charge in [0.1, 0.15) is 5.25 Å². The second-order valence-corrected chi connectivity index (χ2v) is 8.07. The van der Waals surface area contributed by atoms with Gasteiger partial charge in [0.25, 0.3) is 5.24 Å². The number of hydrogen-bond donors (Lipinski definition) is 2. The van der Waals surface area contributed by atoms with Crippen molar-refractivity contribution in [2.24, 2.45) is 0 Å². The molecular formula is C22H22N2O5S. The Morgan fingerprint density at radius 3 is 2.47 bits per heavy atom. The molecule has 7 nitrogen and oxygen atoms in total. The van der Waals surface area contributed by atoms with Gasteiger partial charge in [-0.3, -0.25) is 14.4 Å². The Kier molecular flexibility index (Phi) is 6.89. The number of carbonyl (C=O) groups excluding carboxylic acids is 3. The fourth-order valence-corrected chi connectivity index (χ4v) is 4.15. The summed E-state index contributed by atoms with van der Waals surface area (Å²) in [6, 6.07) is 13.3. The Balaban J connectivity index is 1.66. The van der Waals surface area contributed by atoms with E-state index in [0.717, 1.165) is 41.5 Å².